The summed E-state index contributed by atoms with van der Waals surface area (Å²) in [6.45, 7) is 2.07. The Hall–Kier alpha value is -1.80. The number of nitrogens with one attached hydrogen (secondary N) is 1. The van der Waals surface area contributed by atoms with E-state index in [1.165, 1.54) is 11.3 Å². The number of nitrogens with zero attached hydrogens (tertiary/aromatic N) is 4. The summed E-state index contributed by atoms with van der Waals surface area (Å²) in [5.41, 5.74) is 0.581. The van der Waals surface area contributed by atoms with Crippen LogP contribution in [0.15, 0.2) is 28.7 Å². The predicted molar refractivity (Wildman–Crippen MR) is 84.7 cm³/mol. The van der Waals surface area contributed by atoms with Crippen molar-refractivity contribution in [3.8, 4) is 0 Å². The highest BCUT2D eigenvalue weighted by Crippen LogP contribution is 2.20. The molecule has 0 fully saturated rings. The Bertz CT molecular complexity index is 780. The summed E-state index contributed by atoms with van der Waals surface area (Å²) >= 11 is 4.65. The van der Waals surface area contributed by atoms with E-state index >= 15 is 0 Å². The lowest BCUT2D eigenvalue weighted by Crippen LogP contribution is -2.12. The summed E-state index contributed by atoms with van der Waals surface area (Å²) in [6, 6.07) is 7.16. The van der Waals surface area contributed by atoms with Crippen molar-refractivity contribution in [2.24, 2.45) is 0 Å². The van der Waals surface area contributed by atoms with Gasteiger partial charge in [-0.15, -0.1) is 15.3 Å². The number of rotatable bonds is 4. The van der Waals surface area contributed by atoms with Crippen LogP contribution in [0.4, 0.5) is 5.13 Å². The van der Waals surface area contributed by atoms with E-state index in [2.05, 4.69) is 43.5 Å². The Morgan fingerprint density at radius 3 is 2.81 bits per heavy atom. The monoisotopic (exact) mass is 365 g/mol. The summed E-state index contributed by atoms with van der Waals surface area (Å²) in [4.78, 5) is 12.8. The Morgan fingerprint density at radius 1 is 1.33 bits per heavy atom. The summed E-state index contributed by atoms with van der Waals surface area (Å²) in [6.07, 6.45) is 1.78. The molecule has 8 heteroatoms. The quantitative estimate of drug-likeness (QED) is 0.770. The van der Waals surface area contributed by atoms with E-state index in [4.69, 9.17) is 0 Å². The predicted octanol–water partition coefficient (Wildman–Crippen LogP) is 3.15. The van der Waals surface area contributed by atoms with Crippen LogP contribution in [0.5, 0.6) is 0 Å². The van der Waals surface area contributed by atoms with Gasteiger partial charge in [-0.2, -0.15) is 4.52 Å². The molecule has 3 rings (SSSR count). The number of hydrogen-bond acceptors (Lipinski definition) is 5. The number of carbonyl (C=O) groups is 1. The summed E-state index contributed by atoms with van der Waals surface area (Å²) in [7, 11) is 0. The van der Waals surface area contributed by atoms with E-state index < -0.39 is 0 Å². The van der Waals surface area contributed by atoms with Gasteiger partial charge in [0, 0.05) is 16.5 Å². The van der Waals surface area contributed by atoms with Gasteiger partial charge in [0.1, 0.15) is 0 Å². The average Bonchev–Trinajstić information content (AvgIpc) is 3.01. The van der Waals surface area contributed by atoms with Crippen molar-refractivity contribution in [2.75, 3.05) is 5.32 Å². The first-order valence-electron chi connectivity index (χ1n) is 6.45. The lowest BCUT2D eigenvalue weighted by Gasteiger charge is -2.01. The Labute approximate surface area is 133 Å². The number of hydrogen-bond donors (Lipinski definition) is 1. The van der Waals surface area contributed by atoms with Gasteiger partial charge in [-0.25, -0.2) is 0 Å². The fraction of sp³-hybridized carbons (Fsp3) is 0.231. The van der Waals surface area contributed by atoms with Crippen LogP contribution in [0.3, 0.4) is 0 Å². The van der Waals surface area contributed by atoms with Gasteiger partial charge in [-0.1, -0.05) is 34.2 Å². The van der Waals surface area contributed by atoms with E-state index in [0.717, 1.165) is 23.1 Å². The normalized spacial score (nSPS) is 11.0. The molecule has 21 heavy (non-hydrogen) atoms. The highest BCUT2D eigenvalue weighted by molar-refractivity contribution is 9.10. The van der Waals surface area contributed by atoms with E-state index in [-0.39, 0.29) is 5.91 Å². The van der Waals surface area contributed by atoms with Gasteiger partial charge in [0.15, 0.2) is 5.82 Å². The summed E-state index contributed by atoms with van der Waals surface area (Å²) < 4.78 is 2.62. The molecule has 1 amide bonds. The number of carbonyl (C=O) groups excluding carboxylic acids is 1. The van der Waals surface area contributed by atoms with Crippen molar-refractivity contribution in [2.45, 2.75) is 19.8 Å². The smallest absolute Gasteiger partial charge is 0.257 e. The molecule has 2 heterocycles. The lowest BCUT2D eigenvalue weighted by atomic mass is 10.2. The number of amides is 1. The summed E-state index contributed by atoms with van der Waals surface area (Å²) in [5.74, 6) is 0.623. The van der Waals surface area contributed by atoms with Crippen molar-refractivity contribution >= 4 is 43.3 Å². The minimum atomic E-state index is -0.190. The molecule has 0 radical (unpaired) electrons. The topological polar surface area (TPSA) is 72.2 Å². The van der Waals surface area contributed by atoms with Gasteiger partial charge in [0.05, 0.1) is 0 Å². The maximum absolute atomic E-state index is 12.1. The number of anilines is 1. The van der Waals surface area contributed by atoms with Crippen molar-refractivity contribution < 1.29 is 4.79 Å². The molecule has 0 bridgehead atoms. The van der Waals surface area contributed by atoms with Gasteiger partial charge in [-0.05, 0) is 30.7 Å². The minimum absolute atomic E-state index is 0.190. The van der Waals surface area contributed by atoms with E-state index in [9.17, 15) is 4.79 Å². The van der Waals surface area contributed by atoms with Crippen LogP contribution < -0.4 is 5.32 Å². The van der Waals surface area contributed by atoms with Crippen LogP contribution in [0.25, 0.3) is 4.96 Å². The molecule has 0 atom stereocenters. The highest BCUT2D eigenvalue weighted by atomic mass is 79.9. The lowest BCUT2D eigenvalue weighted by molar-refractivity contribution is 0.102. The minimum Gasteiger partial charge on any atom is -0.296 e. The van der Waals surface area contributed by atoms with Crippen molar-refractivity contribution in [1.29, 1.82) is 0 Å². The van der Waals surface area contributed by atoms with Crippen LogP contribution in [0.1, 0.15) is 29.5 Å². The van der Waals surface area contributed by atoms with Crippen molar-refractivity contribution in [3.63, 3.8) is 0 Å². The van der Waals surface area contributed by atoms with Crippen LogP contribution >= 0.6 is 27.3 Å². The zero-order valence-electron chi connectivity index (χ0n) is 11.2. The molecule has 0 spiro atoms. The standard InChI is InChI=1S/C13H12BrN5OS/c1-2-3-10-16-17-13-19(10)18-12(21-13)15-11(20)8-4-6-9(14)7-5-8/h4-7H,2-3H2,1H3,(H,15,18,20). The molecule has 1 aromatic carbocycles. The third kappa shape index (κ3) is 2.96. The molecule has 0 unspecified atom stereocenters. The van der Waals surface area contributed by atoms with Crippen LogP contribution in [0.2, 0.25) is 0 Å². The summed E-state index contributed by atoms with van der Waals surface area (Å²) in [5, 5.41) is 15.8. The van der Waals surface area contributed by atoms with Crippen molar-refractivity contribution in [3.05, 3.63) is 40.1 Å². The first-order valence-corrected chi connectivity index (χ1v) is 8.06. The molecule has 6 nitrogen and oxygen atoms in total. The Morgan fingerprint density at radius 2 is 2.10 bits per heavy atom. The first kappa shape index (κ1) is 14.2. The molecule has 108 valence electrons. The first-order chi connectivity index (χ1) is 10.2. The van der Waals surface area contributed by atoms with Crippen LogP contribution in [0, 0.1) is 0 Å². The Kier molecular flexibility index (Phi) is 3.98. The number of aromatic nitrogens is 4. The third-order valence-electron chi connectivity index (χ3n) is 2.86. The molecular weight excluding hydrogens is 354 g/mol. The van der Waals surface area contributed by atoms with Crippen molar-refractivity contribution in [1.82, 2.24) is 19.8 Å². The largest absolute Gasteiger partial charge is 0.296 e. The zero-order valence-corrected chi connectivity index (χ0v) is 13.6. The van der Waals surface area contributed by atoms with Gasteiger partial charge in [-0.3, -0.25) is 10.1 Å². The Balaban J connectivity index is 1.81. The van der Waals surface area contributed by atoms with Crippen LogP contribution in [-0.4, -0.2) is 25.7 Å². The maximum atomic E-state index is 12.1. The molecule has 0 aliphatic rings. The second kappa shape index (κ2) is 5.90. The number of halogens is 1. The van der Waals surface area contributed by atoms with Crippen LogP contribution in [-0.2, 0) is 6.42 Å². The number of fused-ring (bicyclic) bond motifs is 1. The second-order valence-corrected chi connectivity index (χ2v) is 6.30. The number of aryl methyl sites for hydroxylation is 1. The van der Waals surface area contributed by atoms with Gasteiger partial charge >= 0.3 is 0 Å². The van der Waals surface area contributed by atoms with E-state index in [1.807, 2.05) is 12.1 Å². The van der Waals surface area contributed by atoms with E-state index in [1.54, 1.807) is 16.6 Å². The molecule has 0 saturated heterocycles. The van der Waals surface area contributed by atoms with Gasteiger partial charge in [0.2, 0.25) is 10.1 Å². The third-order valence-corrected chi connectivity index (χ3v) is 4.20. The average molecular weight is 366 g/mol. The van der Waals surface area contributed by atoms with Gasteiger partial charge in [0.25, 0.3) is 5.91 Å². The molecule has 1 N–H and O–H groups in total. The highest BCUT2D eigenvalue weighted by Gasteiger charge is 2.13. The second-order valence-electron chi connectivity index (χ2n) is 4.43. The maximum Gasteiger partial charge on any atom is 0.257 e. The molecular formula is C13H12BrN5OS. The molecule has 2 aromatic heterocycles. The molecule has 0 saturated carbocycles. The van der Waals surface area contributed by atoms with Gasteiger partial charge < -0.3 is 0 Å². The molecule has 0 aliphatic carbocycles. The zero-order chi connectivity index (χ0) is 14.8. The van der Waals surface area contributed by atoms with E-state index in [0.29, 0.717) is 15.7 Å². The SMILES string of the molecule is CCCc1nnc2sc(NC(=O)c3ccc(Br)cc3)nn12. The number of benzene rings is 1. The molecule has 3 aromatic rings. The fourth-order valence-electron chi connectivity index (χ4n) is 1.86. The fourth-order valence-corrected chi connectivity index (χ4v) is 2.88. The molecule has 0 aliphatic heterocycles.